The Hall–Kier alpha value is -2.10. The van der Waals surface area contributed by atoms with Crippen molar-refractivity contribution in [1.82, 2.24) is 0 Å². The summed E-state index contributed by atoms with van der Waals surface area (Å²) in [5.41, 5.74) is -0.273. The van der Waals surface area contributed by atoms with Crippen molar-refractivity contribution >= 4 is 5.78 Å². The van der Waals surface area contributed by atoms with Crippen molar-refractivity contribution in [3.63, 3.8) is 0 Å². The zero-order valence-electron chi connectivity index (χ0n) is 11.1. The van der Waals surface area contributed by atoms with Crippen molar-refractivity contribution in [2.45, 2.75) is 19.3 Å². The Kier molecular flexibility index (Phi) is 3.66. The fourth-order valence-electron chi connectivity index (χ4n) is 2.00. The molecule has 2 rings (SSSR count). The predicted molar refractivity (Wildman–Crippen MR) is 70.1 cm³/mol. The number of ketones is 1. The van der Waals surface area contributed by atoms with Crippen LogP contribution in [-0.4, -0.2) is 5.78 Å². The average Bonchev–Trinajstić information content (AvgIpc) is 2.41. The maximum Gasteiger partial charge on any atom is 0.172 e. The molecule has 0 spiro atoms. The van der Waals surface area contributed by atoms with Crippen LogP contribution in [0.3, 0.4) is 0 Å². The highest BCUT2D eigenvalue weighted by molar-refractivity contribution is 6.03. The van der Waals surface area contributed by atoms with Crippen molar-refractivity contribution in [2.75, 3.05) is 0 Å². The summed E-state index contributed by atoms with van der Waals surface area (Å²) in [6.07, 6.45) is 0. The van der Waals surface area contributed by atoms with E-state index < -0.39 is 22.9 Å². The van der Waals surface area contributed by atoms with Crippen LogP contribution in [0, 0.1) is 17.5 Å². The van der Waals surface area contributed by atoms with Gasteiger partial charge in [-0.3, -0.25) is 4.79 Å². The summed E-state index contributed by atoms with van der Waals surface area (Å²) in [5, 5.41) is 0. The number of carbonyl (C=O) groups is 1. The maximum atomic E-state index is 13.2. The van der Waals surface area contributed by atoms with Crippen molar-refractivity contribution in [1.29, 1.82) is 0 Å². The second kappa shape index (κ2) is 5.12. The first-order valence-corrected chi connectivity index (χ1v) is 6.08. The van der Waals surface area contributed by atoms with Gasteiger partial charge in [-0.25, -0.2) is 13.2 Å². The zero-order chi connectivity index (χ0) is 14.9. The molecule has 0 heterocycles. The van der Waals surface area contributed by atoms with Gasteiger partial charge in [0.1, 0.15) is 5.82 Å². The fraction of sp³-hybridized carbons (Fsp3) is 0.188. The largest absolute Gasteiger partial charge is 0.293 e. The van der Waals surface area contributed by atoms with Crippen molar-refractivity contribution in [3.05, 3.63) is 71.0 Å². The lowest BCUT2D eigenvalue weighted by Crippen LogP contribution is -2.29. The molecular weight excluding hydrogens is 265 g/mol. The van der Waals surface area contributed by atoms with Gasteiger partial charge in [0, 0.05) is 5.56 Å². The molecule has 0 aromatic heterocycles. The van der Waals surface area contributed by atoms with Crippen LogP contribution in [0.5, 0.6) is 0 Å². The Morgan fingerprint density at radius 2 is 1.50 bits per heavy atom. The third kappa shape index (κ3) is 2.59. The molecule has 4 heteroatoms. The summed E-state index contributed by atoms with van der Waals surface area (Å²) in [6, 6.07) is 8.57. The molecule has 20 heavy (non-hydrogen) atoms. The van der Waals surface area contributed by atoms with Gasteiger partial charge in [0.15, 0.2) is 17.4 Å². The molecule has 104 valence electrons. The van der Waals surface area contributed by atoms with Gasteiger partial charge in [0.25, 0.3) is 0 Å². The summed E-state index contributed by atoms with van der Waals surface area (Å²) in [6.45, 7) is 3.31. The van der Waals surface area contributed by atoms with Crippen molar-refractivity contribution in [2.24, 2.45) is 0 Å². The van der Waals surface area contributed by atoms with E-state index in [1.54, 1.807) is 13.8 Å². The summed E-state index contributed by atoms with van der Waals surface area (Å²) in [4.78, 5) is 12.4. The third-order valence-corrected chi connectivity index (χ3v) is 3.32. The number of carbonyl (C=O) groups excluding carboxylic acids is 1. The van der Waals surface area contributed by atoms with Gasteiger partial charge < -0.3 is 0 Å². The number of benzene rings is 2. The highest BCUT2D eigenvalue weighted by Crippen LogP contribution is 2.28. The van der Waals surface area contributed by atoms with E-state index in [9.17, 15) is 18.0 Å². The minimum Gasteiger partial charge on any atom is -0.293 e. The molecule has 2 aromatic rings. The van der Waals surface area contributed by atoms with Crippen LogP contribution in [0.1, 0.15) is 29.8 Å². The topological polar surface area (TPSA) is 17.1 Å². The monoisotopic (exact) mass is 278 g/mol. The molecule has 2 aromatic carbocycles. The van der Waals surface area contributed by atoms with Crippen LogP contribution in [0.15, 0.2) is 42.5 Å². The number of hydrogen-bond donors (Lipinski definition) is 0. The van der Waals surface area contributed by atoms with E-state index in [1.165, 1.54) is 30.3 Å². The van der Waals surface area contributed by atoms with E-state index in [-0.39, 0.29) is 11.3 Å². The van der Waals surface area contributed by atoms with Gasteiger partial charge in [-0.15, -0.1) is 0 Å². The quantitative estimate of drug-likeness (QED) is 0.766. The molecule has 0 unspecified atom stereocenters. The van der Waals surface area contributed by atoms with Gasteiger partial charge in [-0.05, 0) is 49.7 Å². The summed E-state index contributed by atoms with van der Waals surface area (Å²) < 4.78 is 39.0. The molecule has 1 nitrogen and oxygen atoms in total. The van der Waals surface area contributed by atoms with Crippen molar-refractivity contribution < 1.29 is 18.0 Å². The maximum absolute atomic E-state index is 13.2. The van der Waals surface area contributed by atoms with E-state index in [2.05, 4.69) is 0 Å². The third-order valence-electron chi connectivity index (χ3n) is 3.32. The second-order valence-corrected chi connectivity index (χ2v) is 5.09. The highest BCUT2D eigenvalue weighted by Gasteiger charge is 2.31. The first kappa shape index (κ1) is 14.3. The molecule has 0 bridgehead atoms. The van der Waals surface area contributed by atoms with Crippen LogP contribution in [0.2, 0.25) is 0 Å². The van der Waals surface area contributed by atoms with Gasteiger partial charge in [-0.1, -0.05) is 12.1 Å². The zero-order valence-corrected chi connectivity index (χ0v) is 11.1. The SMILES string of the molecule is CC(C)(C(=O)c1ccc(F)c(F)c1)c1ccc(F)cc1. The lowest BCUT2D eigenvalue weighted by Gasteiger charge is -2.23. The van der Waals surface area contributed by atoms with E-state index in [0.717, 1.165) is 12.1 Å². The molecule has 0 aliphatic carbocycles. The van der Waals surface area contributed by atoms with Crippen LogP contribution < -0.4 is 0 Å². The minimum atomic E-state index is -1.06. The Balaban J connectivity index is 2.39. The lowest BCUT2D eigenvalue weighted by atomic mass is 9.78. The minimum absolute atomic E-state index is 0.0817. The number of rotatable bonds is 3. The fourth-order valence-corrected chi connectivity index (χ4v) is 2.00. The Morgan fingerprint density at radius 1 is 0.900 bits per heavy atom. The van der Waals surface area contributed by atoms with Gasteiger partial charge in [0.05, 0.1) is 5.41 Å². The number of halogens is 3. The van der Waals surface area contributed by atoms with Crippen LogP contribution in [-0.2, 0) is 5.41 Å². The predicted octanol–water partition coefficient (Wildman–Crippen LogP) is 4.26. The summed E-state index contributed by atoms with van der Waals surface area (Å²) >= 11 is 0. The normalized spacial score (nSPS) is 11.4. The number of hydrogen-bond acceptors (Lipinski definition) is 1. The highest BCUT2D eigenvalue weighted by atomic mass is 19.2. The van der Waals surface area contributed by atoms with Gasteiger partial charge in [0.2, 0.25) is 0 Å². The second-order valence-electron chi connectivity index (χ2n) is 5.09. The molecular formula is C16H13F3O. The Labute approximate surface area is 115 Å². The molecule has 0 amide bonds. The van der Waals surface area contributed by atoms with Crippen molar-refractivity contribution in [3.8, 4) is 0 Å². The van der Waals surface area contributed by atoms with Crippen LogP contribution in [0.4, 0.5) is 13.2 Å². The molecule has 0 fully saturated rings. The summed E-state index contributed by atoms with van der Waals surface area (Å²) in [7, 11) is 0. The number of Topliss-reactive ketones (excluding diaryl/α,β-unsaturated/α-hetero) is 1. The molecule has 0 aliphatic heterocycles. The molecule has 0 aliphatic rings. The molecule has 0 N–H and O–H groups in total. The smallest absolute Gasteiger partial charge is 0.172 e. The first-order chi connectivity index (χ1) is 9.32. The van der Waals surface area contributed by atoms with E-state index in [0.29, 0.717) is 5.56 Å². The van der Waals surface area contributed by atoms with E-state index in [1.807, 2.05) is 0 Å². The lowest BCUT2D eigenvalue weighted by molar-refractivity contribution is 0.0908. The van der Waals surface area contributed by atoms with E-state index >= 15 is 0 Å². The standard InChI is InChI=1S/C16H13F3O/c1-16(2,11-4-6-12(17)7-5-11)15(20)10-3-8-13(18)14(19)9-10/h3-9H,1-2H3. The van der Waals surface area contributed by atoms with Crippen LogP contribution in [0.25, 0.3) is 0 Å². The molecule has 0 atom stereocenters. The average molecular weight is 278 g/mol. The van der Waals surface area contributed by atoms with Crippen LogP contribution >= 0.6 is 0 Å². The van der Waals surface area contributed by atoms with E-state index in [4.69, 9.17) is 0 Å². The first-order valence-electron chi connectivity index (χ1n) is 6.08. The molecule has 0 radical (unpaired) electrons. The Morgan fingerprint density at radius 3 is 2.05 bits per heavy atom. The van der Waals surface area contributed by atoms with Gasteiger partial charge >= 0.3 is 0 Å². The molecule has 0 saturated heterocycles. The Bertz CT molecular complexity index is 645. The molecule has 0 saturated carbocycles. The van der Waals surface area contributed by atoms with Gasteiger partial charge in [-0.2, -0.15) is 0 Å². The summed E-state index contributed by atoms with van der Waals surface area (Å²) in [5.74, 6) is -2.82.